The number of carbonyl (C=O) groups is 1. The van der Waals surface area contributed by atoms with E-state index in [0.717, 1.165) is 16.7 Å². The van der Waals surface area contributed by atoms with Gasteiger partial charge in [0.2, 0.25) is 0 Å². The van der Waals surface area contributed by atoms with E-state index < -0.39 is 6.10 Å². The maximum atomic E-state index is 12.4. The number of amides is 2. The van der Waals surface area contributed by atoms with Gasteiger partial charge in [0.25, 0.3) is 0 Å². The summed E-state index contributed by atoms with van der Waals surface area (Å²) in [5, 5.41) is 19.8. The molecular weight excluding hydrogens is 344 g/mol. The molecule has 3 N–H and O–H groups in total. The minimum Gasteiger partial charge on any atom is -0.388 e. The monoisotopic (exact) mass is 366 g/mol. The maximum absolute atomic E-state index is 12.4. The third kappa shape index (κ3) is 4.94. The molecule has 26 heavy (non-hydrogen) atoms. The number of carbonyl (C=O) groups excluding carboxylic acids is 1. The van der Waals surface area contributed by atoms with Crippen LogP contribution in [0.25, 0.3) is 0 Å². The zero-order valence-electron chi connectivity index (χ0n) is 14.3. The molecule has 0 fully saturated rings. The van der Waals surface area contributed by atoms with E-state index in [1.54, 1.807) is 11.3 Å². The van der Waals surface area contributed by atoms with E-state index in [1.807, 2.05) is 77.5 Å². The van der Waals surface area contributed by atoms with E-state index in [4.69, 9.17) is 0 Å². The predicted octanol–water partition coefficient (Wildman–Crippen LogP) is 4.26. The van der Waals surface area contributed by atoms with Gasteiger partial charge in [0.15, 0.2) is 0 Å². The van der Waals surface area contributed by atoms with Crippen LogP contribution < -0.4 is 10.6 Å². The number of benzene rings is 2. The fourth-order valence-corrected chi connectivity index (χ4v) is 3.49. The lowest BCUT2D eigenvalue weighted by atomic mass is 9.99. The molecule has 3 aromatic rings. The molecule has 0 bridgehead atoms. The fraction of sp³-hybridized carbons (Fsp3) is 0.190. The molecule has 2 aromatic carbocycles. The van der Waals surface area contributed by atoms with E-state index in [-0.39, 0.29) is 12.1 Å². The first kappa shape index (κ1) is 18.2. The Labute approximate surface area is 157 Å². The average molecular weight is 366 g/mol. The van der Waals surface area contributed by atoms with E-state index in [1.165, 1.54) is 0 Å². The van der Waals surface area contributed by atoms with Crippen LogP contribution in [0.3, 0.4) is 0 Å². The van der Waals surface area contributed by atoms with E-state index in [0.29, 0.717) is 13.0 Å². The quantitative estimate of drug-likeness (QED) is 0.585. The van der Waals surface area contributed by atoms with Crippen molar-refractivity contribution in [1.82, 2.24) is 10.6 Å². The van der Waals surface area contributed by atoms with Gasteiger partial charge in [-0.15, -0.1) is 0 Å². The molecule has 5 heteroatoms. The van der Waals surface area contributed by atoms with E-state index in [9.17, 15) is 9.90 Å². The summed E-state index contributed by atoms with van der Waals surface area (Å²) in [6.45, 7) is 0.402. The van der Waals surface area contributed by atoms with Crippen molar-refractivity contribution in [2.24, 2.45) is 0 Å². The molecule has 1 unspecified atom stereocenters. The summed E-state index contributed by atoms with van der Waals surface area (Å²) >= 11 is 1.55. The highest BCUT2D eigenvalue weighted by Gasteiger charge is 2.16. The Hall–Kier alpha value is -2.63. The van der Waals surface area contributed by atoms with Crippen LogP contribution in [0.1, 0.15) is 35.3 Å². The van der Waals surface area contributed by atoms with Crippen LogP contribution in [0.5, 0.6) is 0 Å². The molecule has 0 radical (unpaired) electrons. The Balaban J connectivity index is 1.59. The Morgan fingerprint density at radius 1 is 0.923 bits per heavy atom. The highest BCUT2D eigenvalue weighted by molar-refractivity contribution is 7.07. The van der Waals surface area contributed by atoms with Crippen molar-refractivity contribution in [3.05, 3.63) is 94.2 Å². The van der Waals surface area contributed by atoms with Crippen LogP contribution in [0.2, 0.25) is 0 Å². The van der Waals surface area contributed by atoms with Crippen LogP contribution in [-0.4, -0.2) is 17.7 Å². The second-order valence-corrected chi connectivity index (χ2v) is 6.80. The largest absolute Gasteiger partial charge is 0.388 e. The number of rotatable bonds is 7. The molecule has 0 saturated heterocycles. The number of nitrogens with one attached hydrogen (secondary N) is 2. The Morgan fingerprint density at radius 3 is 2.08 bits per heavy atom. The third-order valence-electron chi connectivity index (χ3n) is 4.17. The van der Waals surface area contributed by atoms with E-state index in [2.05, 4.69) is 10.6 Å². The topological polar surface area (TPSA) is 61.4 Å². The van der Waals surface area contributed by atoms with Gasteiger partial charge in [-0.25, -0.2) is 4.79 Å². The zero-order valence-corrected chi connectivity index (χ0v) is 15.2. The number of aliphatic hydroxyl groups excluding tert-OH is 1. The van der Waals surface area contributed by atoms with Crippen molar-refractivity contribution in [2.75, 3.05) is 6.54 Å². The molecule has 0 saturated carbocycles. The molecule has 0 aliphatic rings. The highest BCUT2D eigenvalue weighted by atomic mass is 32.1. The SMILES string of the molecule is O=C(NCCC(O)c1ccsc1)NC(c1ccccc1)c1ccccc1. The first-order valence-electron chi connectivity index (χ1n) is 8.58. The van der Waals surface area contributed by atoms with E-state index >= 15 is 0 Å². The lowest BCUT2D eigenvalue weighted by Crippen LogP contribution is -2.39. The second kappa shape index (κ2) is 9.17. The summed E-state index contributed by atoms with van der Waals surface area (Å²) in [4.78, 5) is 12.4. The standard InChI is InChI=1S/C21H22N2O2S/c24-19(18-12-14-26-15-18)11-13-22-21(25)23-20(16-7-3-1-4-8-16)17-9-5-2-6-10-17/h1-10,12,14-15,19-20,24H,11,13H2,(H2,22,23,25). The van der Waals surface area contributed by atoms with Gasteiger partial charge in [-0.1, -0.05) is 60.7 Å². The molecule has 0 spiro atoms. The molecule has 134 valence electrons. The van der Waals surface area contributed by atoms with Gasteiger partial charge >= 0.3 is 6.03 Å². The zero-order chi connectivity index (χ0) is 18.2. The molecule has 2 amide bonds. The normalized spacial score (nSPS) is 11.9. The lowest BCUT2D eigenvalue weighted by molar-refractivity contribution is 0.167. The van der Waals surface area contributed by atoms with Crippen molar-refractivity contribution in [1.29, 1.82) is 0 Å². The third-order valence-corrected chi connectivity index (χ3v) is 4.87. The summed E-state index contributed by atoms with van der Waals surface area (Å²) in [5.74, 6) is 0. The molecule has 4 nitrogen and oxygen atoms in total. The number of hydrogen-bond acceptors (Lipinski definition) is 3. The molecule has 0 aliphatic heterocycles. The van der Waals surface area contributed by atoms with Gasteiger partial charge in [0.05, 0.1) is 12.1 Å². The van der Waals surface area contributed by atoms with Crippen LogP contribution in [0.15, 0.2) is 77.5 Å². The molecule has 0 aliphatic carbocycles. The number of thiophene rings is 1. The first-order chi connectivity index (χ1) is 12.7. The number of aliphatic hydroxyl groups is 1. The summed E-state index contributed by atoms with van der Waals surface area (Å²) in [6, 6.07) is 21.2. The summed E-state index contributed by atoms with van der Waals surface area (Å²) in [5.41, 5.74) is 2.93. The Morgan fingerprint density at radius 2 is 1.54 bits per heavy atom. The van der Waals surface area contributed by atoms with Crippen molar-refractivity contribution in [2.45, 2.75) is 18.6 Å². The first-order valence-corrected chi connectivity index (χ1v) is 9.53. The van der Waals surface area contributed by atoms with Crippen molar-refractivity contribution in [3.8, 4) is 0 Å². The minimum absolute atomic E-state index is 0.223. The van der Waals surface area contributed by atoms with Gasteiger partial charge in [0, 0.05) is 6.54 Å². The summed E-state index contributed by atoms with van der Waals surface area (Å²) in [6.07, 6.45) is -0.0773. The summed E-state index contributed by atoms with van der Waals surface area (Å²) in [7, 11) is 0. The van der Waals surface area contributed by atoms with Gasteiger partial charge in [0.1, 0.15) is 0 Å². The maximum Gasteiger partial charge on any atom is 0.315 e. The van der Waals surface area contributed by atoms with Crippen molar-refractivity contribution in [3.63, 3.8) is 0 Å². The molecule has 3 rings (SSSR count). The van der Waals surface area contributed by atoms with Crippen LogP contribution in [-0.2, 0) is 0 Å². The number of urea groups is 1. The van der Waals surface area contributed by atoms with Crippen LogP contribution in [0.4, 0.5) is 4.79 Å². The van der Waals surface area contributed by atoms with Crippen LogP contribution in [0, 0.1) is 0 Å². The fourth-order valence-electron chi connectivity index (χ4n) is 2.79. The second-order valence-electron chi connectivity index (χ2n) is 6.02. The summed E-state index contributed by atoms with van der Waals surface area (Å²) < 4.78 is 0. The molecular formula is C21H22N2O2S. The lowest BCUT2D eigenvalue weighted by Gasteiger charge is -2.20. The smallest absolute Gasteiger partial charge is 0.315 e. The van der Waals surface area contributed by atoms with Gasteiger partial charge in [-0.3, -0.25) is 0 Å². The Kier molecular flexibility index (Phi) is 6.41. The molecule has 1 aromatic heterocycles. The van der Waals surface area contributed by atoms with Crippen molar-refractivity contribution < 1.29 is 9.90 Å². The highest BCUT2D eigenvalue weighted by Crippen LogP contribution is 2.22. The van der Waals surface area contributed by atoms with Crippen LogP contribution >= 0.6 is 11.3 Å². The van der Waals surface area contributed by atoms with Gasteiger partial charge < -0.3 is 15.7 Å². The van der Waals surface area contributed by atoms with Gasteiger partial charge in [-0.05, 0) is 39.9 Å². The Bertz CT molecular complexity index is 752. The van der Waals surface area contributed by atoms with Crippen molar-refractivity contribution >= 4 is 17.4 Å². The molecule has 1 heterocycles. The van der Waals surface area contributed by atoms with Gasteiger partial charge in [-0.2, -0.15) is 11.3 Å². The average Bonchev–Trinajstić information content (AvgIpc) is 3.22. The molecule has 1 atom stereocenters. The predicted molar refractivity (Wildman–Crippen MR) is 105 cm³/mol. The minimum atomic E-state index is -0.555. The number of hydrogen-bond donors (Lipinski definition) is 3.